The van der Waals surface area contributed by atoms with Crippen molar-refractivity contribution < 1.29 is 12.8 Å². The molecular weight excluding hydrogens is 284 g/mol. The Morgan fingerprint density at radius 2 is 2.30 bits per heavy atom. The van der Waals surface area contributed by atoms with Gasteiger partial charge in [-0.05, 0) is 26.3 Å². The number of H-pyrrole nitrogens is 1. The molecule has 1 saturated heterocycles. The third kappa shape index (κ3) is 2.51. The summed E-state index contributed by atoms with van der Waals surface area (Å²) >= 11 is 0. The highest BCUT2D eigenvalue weighted by atomic mass is 32.2. The summed E-state index contributed by atoms with van der Waals surface area (Å²) in [6, 6.07) is -0.156. The number of aryl methyl sites for hydroxylation is 1. The highest BCUT2D eigenvalue weighted by Crippen LogP contribution is 2.23. The molecule has 1 aliphatic rings. The van der Waals surface area contributed by atoms with Crippen LogP contribution in [0.25, 0.3) is 0 Å². The van der Waals surface area contributed by atoms with Crippen LogP contribution < -0.4 is 10.0 Å². The largest absolute Gasteiger partial charge is 0.406 e. The summed E-state index contributed by atoms with van der Waals surface area (Å²) in [4.78, 5) is 6.48. The van der Waals surface area contributed by atoms with Gasteiger partial charge in [-0.2, -0.15) is 8.42 Å². The molecule has 9 nitrogen and oxygen atoms in total. The number of sulfonamides is 1. The standard InChI is InChI=1S/C10H14N6O3S/c1-6-12-5-8(13-6)20(17,18)16-10-15-14-9(19-10)7-3-2-4-11-7/h5,7,11H,2-4H2,1H3,(H,12,13)(H,15,16). The lowest BCUT2D eigenvalue weighted by Crippen LogP contribution is -2.14. The molecule has 108 valence electrons. The van der Waals surface area contributed by atoms with E-state index in [1.807, 2.05) is 0 Å². The van der Waals surface area contributed by atoms with E-state index >= 15 is 0 Å². The molecule has 1 atom stereocenters. The third-order valence-corrected chi connectivity index (χ3v) is 4.22. The smallest absolute Gasteiger partial charge is 0.329 e. The van der Waals surface area contributed by atoms with E-state index in [4.69, 9.17) is 4.42 Å². The molecule has 20 heavy (non-hydrogen) atoms. The second-order valence-electron chi connectivity index (χ2n) is 4.53. The van der Waals surface area contributed by atoms with Gasteiger partial charge in [-0.25, -0.2) is 9.71 Å². The molecule has 1 fully saturated rings. The van der Waals surface area contributed by atoms with E-state index in [1.54, 1.807) is 6.92 Å². The zero-order valence-corrected chi connectivity index (χ0v) is 11.6. The molecule has 0 saturated carbocycles. The first-order chi connectivity index (χ1) is 9.54. The van der Waals surface area contributed by atoms with Crippen molar-refractivity contribution in [1.29, 1.82) is 0 Å². The average molecular weight is 298 g/mol. The number of rotatable bonds is 4. The lowest BCUT2D eigenvalue weighted by Gasteiger charge is -2.03. The summed E-state index contributed by atoms with van der Waals surface area (Å²) in [5.74, 6) is 0.896. The monoisotopic (exact) mass is 298 g/mol. The highest BCUT2D eigenvalue weighted by molar-refractivity contribution is 7.92. The summed E-state index contributed by atoms with van der Waals surface area (Å²) in [5.41, 5.74) is 0. The van der Waals surface area contributed by atoms with Gasteiger partial charge in [0.1, 0.15) is 5.82 Å². The Morgan fingerprint density at radius 3 is 2.95 bits per heavy atom. The van der Waals surface area contributed by atoms with E-state index < -0.39 is 10.0 Å². The maximum absolute atomic E-state index is 12.0. The van der Waals surface area contributed by atoms with Gasteiger partial charge in [-0.1, -0.05) is 5.10 Å². The SMILES string of the molecule is Cc1ncc(S(=O)(=O)Nc2nnc(C3CCCN3)o2)[nH]1. The average Bonchev–Trinajstić information content (AvgIpc) is 3.06. The molecule has 0 bridgehead atoms. The van der Waals surface area contributed by atoms with Crippen LogP contribution in [0, 0.1) is 6.92 Å². The first-order valence-corrected chi connectivity index (χ1v) is 7.64. The van der Waals surface area contributed by atoms with Gasteiger partial charge in [0, 0.05) is 0 Å². The van der Waals surface area contributed by atoms with Crippen LogP contribution in [0.5, 0.6) is 0 Å². The Bertz CT molecular complexity index is 700. The Labute approximate surface area is 115 Å². The van der Waals surface area contributed by atoms with E-state index in [-0.39, 0.29) is 17.1 Å². The molecule has 0 aromatic carbocycles. The Kier molecular flexibility index (Phi) is 3.18. The minimum atomic E-state index is -3.79. The van der Waals surface area contributed by atoms with Gasteiger partial charge in [-0.15, -0.1) is 5.10 Å². The highest BCUT2D eigenvalue weighted by Gasteiger charge is 2.24. The molecule has 0 amide bonds. The first kappa shape index (κ1) is 13.1. The van der Waals surface area contributed by atoms with Crippen LogP contribution in [0.4, 0.5) is 6.01 Å². The van der Waals surface area contributed by atoms with E-state index in [0.29, 0.717) is 11.7 Å². The van der Waals surface area contributed by atoms with Gasteiger partial charge >= 0.3 is 6.01 Å². The number of aromatic amines is 1. The molecular formula is C10H14N6O3S. The van der Waals surface area contributed by atoms with Crippen LogP contribution in [0.3, 0.4) is 0 Å². The second kappa shape index (κ2) is 4.87. The normalized spacial score (nSPS) is 19.4. The topological polar surface area (TPSA) is 126 Å². The summed E-state index contributed by atoms with van der Waals surface area (Å²) < 4.78 is 31.6. The fourth-order valence-electron chi connectivity index (χ4n) is 2.02. The van der Waals surface area contributed by atoms with Gasteiger partial charge in [0.15, 0.2) is 5.03 Å². The molecule has 1 unspecified atom stereocenters. The van der Waals surface area contributed by atoms with E-state index in [9.17, 15) is 8.42 Å². The van der Waals surface area contributed by atoms with Crippen LogP contribution in [0.2, 0.25) is 0 Å². The number of nitrogens with zero attached hydrogens (tertiary/aromatic N) is 3. The lowest BCUT2D eigenvalue weighted by molar-refractivity contribution is 0.439. The summed E-state index contributed by atoms with van der Waals surface area (Å²) in [6.45, 7) is 2.55. The van der Waals surface area contributed by atoms with E-state index in [1.165, 1.54) is 6.20 Å². The van der Waals surface area contributed by atoms with E-state index in [2.05, 4.69) is 30.2 Å². The molecule has 3 N–H and O–H groups in total. The molecule has 2 aromatic rings. The maximum Gasteiger partial charge on any atom is 0.329 e. The molecule has 10 heteroatoms. The van der Waals surface area contributed by atoms with E-state index in [0.717, 1.165) is 19.4 Å². The summed E-state index contributed by atoms with van der Waals surface area (Å²) in [6.07, 6.45) is 3.16. The fraction of sp³-hybridized carbons (Fsp3) is 0.500. The second-order valence-corrected chi connectivity index (χ2v) is 6.18. The predicted molar refractivity (Wildman–Crippen MR) is 68.4 cm³/mol. The lowest BCUT2D eigenvalue weighted by atomic mass is 10.2. The van der Waals surface area contributed by atoms with Crippen molar-refractivity contribution in [1.82, 2.24) is 25.5 Å². The minimum Gasteiger partial charge on any atom is -0.406 e. The molecule has 0 aliphatic carbocycles. The molecule has 0 radical (unpaired) electrons. The van der Waals surface area contributed by atoms with Gasteiger partial charge < -0.3 is 14.7 Å². The molecule has 2 aromatic heterocycles. The van der Waals surface area contributed by atoms with Crippen molar-refractivity contribution in [2.45, 2.75) is 30.8 Å². The summed E-state index contributed by atoms with van der Waals surface area (Å²) in [5, 5.41) is 10.7. The van der Waals surface area contributed by atoms with Gasteiger partial charge in [-0.3, -0.25) is 0 Å². The molecule has 1 aliphatic heterocycles. The van der Waals surface area contributed by atoms with Gasteiger partial charge in [0.2, 0.25) is 5.89 Å². The van der Waals surface area contributed by atoms with Crippen molar-refractivity contribution in [2.75, 3.05) is 11.3 Å². The number of aromatic nitrogens is 4. The van der Waals surface area contributed by atoms with Crippen LogP contribution in [0.15, 0.2) is 15.6 Å². The Balaban J connectivity index is 1.77. The summed E-state index contributed by atoms with van der Waals surface area (Å²) in [7, 11) is -3.79. The quantitative estimate of drug-likeness (QED) is 0.742. The van der Waals surface area contributed by atoms with Crippen molar-refractivity contribution >= 4 is 16.0 Å². The zero-order chi connectivity index (χ0) is 14.2. The predicted octanol–water partition coefficient (Wildman–Crippen LogP) is 0.326. The third-order valence-electron chi connectivity index (χ3n) is 2.99. The number of anilines is 1. The van der Waals surface area contributed by atoms with Crippen LogP contribution in [-0.2, 0) is 10.0 Å². The number of hydrogen-bond acceptors (Lipinski definition) is 7. The van der Waals surface area contributed by atoms with Crippen molar-refractivity contribution in [3.05, 3.63) is 17.9 Å². The molecule has 3 rings (SSSR count). The maximum atomic E-state index is 12.0. The Hall–Kier alpha value is -1.94. The molecule has 3 heterocycles. The number of nitrogens with one attached hydrogen (secondary N) is 3. The van der Waals surface area contributed by atoms with Crippen LogP contribution in [-0.4, -0.2) is 35.1 Å². The fourth-order valence-corrected chi connectivity index (χ4v) is 2.91. The van der Waals surface area contributed by atoms with Crippen molar-refractivity contribution in [2.24, 2.45) is 0 Å². The first-order valence-electron chi connectivity index (χ1n) is 6.16. The van der Waals surface area contributed by atoms with Crippen molar-refractivity contribution in [3.63, 3.8) is 0 Å². The molecule has 0 spiro atoms. The number of imidazole rings is 1. The van der Waals surface area contributed by atoms with Gasteiger partial charge in [0.05, 0.1) is 12.2 Å². The minimum absolute atomic E-state index is 0.00449. The van der Waals surface area contributed by atoms with Crippen LogP contribution in [0.1, 0.15) is 30.6 Å². The zero-order valence-electron chi connectivity index (χ0n) is 10.8. The van der Waals surface area contributed by atoms with Crippen LogP contribution >= 0.6 is 0 Å². The number of hydrogen-bond donors (Lipinski definition) is 3. The Morgan fingerprint density at radius 1 is 1.45 bits per heavy atom. The van der Waals surface area contributed by atoms with Gasteiger partial charge in [0.25, 0.3) is 10.0 Å². The van der Waals surface area contributed by atoms with Crippen molar-refractivity contribution in [3.8, 4) is 0 Å².